The molecule has 2 heterocycles. The fourth-order valence-electron chi connectivity index (χ4n) is 5.55. The topological polar surface area (TPSA) is 175 Å². The molecule has 0 saturated carbocycles. The molecule has 266 valence electrons. The number of carbonyl (C=O) groups excluding carboxylic acids is 6. The number of piperidine rings is 1. The molecule has 15 heteroatoms. The zero-order valence-corrected chi connectivity index (χ0v) is 28.0. The van der Waals surface area contributed by atoms with Crippen LogP contribution in [-0.4, -0.2) is 96.7 Å². The van der Waals surface area contributed by atoms with Crippen molar-refractivity contribution in [3.63, 3.8) is 0 Å². The van der Waals surface area contributed by atoms with E-state index in [1.165, 1.54) is 0 Å². The third-order valence-electron chi connectivity index (χ3n) is 8.15. The van der Waals surface area contributed by atoms with Gasteiger partial charge in [-0.2, -0.15) is 0 Å². The van der Waals surface area contributed by atoms with E-state index in [2.05, 4.69) is 26.6 Å². The molecule has 2 aliphatic rings. The summed E-state index contributed by atoms with van der Waals surface area (Å²) in [5, 5.41) is 12.9. The van der Waals surface area contributed by atoms with Crippen molar-refractivity contribution < 1.29 is 42.3 Å². The number of ether oxygens (including phenoxy) is 1. The molecule has 0 unspecified atom stereocenters. The van der Waals surface area contributed by atoms with E-state index >= 15 is 0 Å². The van der Waals surface area contributed by atoms with Crippen LogP contribution in [-0.2, 0) is 35.3 Å². The molecule has 4 atom stereocenters. The van der Waals surface area contributed by atoms with Crippen LogP contribution in [0.5, 0.6) is 0 Å². The summed E-state index contributed by atoms with van der Waals surface area (Å²) in [6, 6.07) is 4.69. The number of nitrogens with zero attached hydrogens (tertiary/aromatic N) is 1. The van der Waals surface area contributed by atoms with Crippen molar-refractivity contribution in [2.45, 2.75) is 96.5 Å². The van der Waals surface area contributed by atoms with Crippen LogP contribution in [0.4, 0.5) is 13.6 Å². The maximum absolute atomic E-state index is 13.8. The van der Waals surface area contributed by atoms with Crippen LogP contribution in [0.3, 0.4) is 0 Å². The number of likely N-dealkylation sites (tertiary alicyclic amines) is 1. The molecule has 1 aromatic rings. The van der Waals surface area contributed by atoms with Gasteiger partial charge in [0.2, 0.25) is 23.5 Å². The van der Waals surface area contributed by atoms with Crippen LogP contribution >= 0.6 is 0 Å². The molecule has 5 amide bonds. The first-order valence-corrected chi connectivity index (χ1v) is 16.4. The van der Waals surface area contributed by atoms with Crippen molar-refractivity contribution in [3.05, 3.63) is 35.9 Å². The Kier molecular flexibility index (Phi) is 14.2. The molecular formula is C33H48F2N6O7. The molecular weight excluding hydrogens is 630 g/mol. The summed E-state index contributed by atoms with van der Waals surface area (Å²) in [6.45, 7) is 7.18. The van der Waals surface area contributed by atoms with Gasteiger partial charge in [-0.25, -0.2) is 13.6 Å². The Balaban J connectivity index is 1.77. The summed E-state index contributed by atoms with van der Waals surface area (Å²) in [7, 11) is 0. The summed E-state index contributed by atoms with van der Waals surface area (Å²) < 4.78 is 33.0. The quantitative estimate of drug-likeness (QED) is 0.164. The average Bonchev–Trinajstić information content (AvgIpc) is 3.43. The lowest BCUT2D eigenvalue weighted by atomic mass is 9.94. The number of amides is 5. The van der Waals surface area contributed by atoms with Gasteiger partial charge < -0.3 is 36.2 Å². The smallest absolute Gasteiger partial charge is 0.408 e. The minimum absolute atomic E-state index is 0.00952. The summed E-state index contributed by atoms with van der Waals surface area (Å²) in [6.07, 6.45) is -1.29. The number of nitrogens with one attached hydrogen (secondary N) is 5. The molecule has 3 rings (SSSR count). The molecule has 48 heavy (non-hydrogen) atoms. The van der Waals surface area contributed by atoms with Crippen LogP contribution in [0, 0.1) is 11.8 Å². The number of rotatable bonds is 16. The number of halogens is 2. The second kappa shape index (κ2) is 17.9. The van der Waals surface area contributed by atoms with Gasteiger partial charge in [0.15, 0.2) is 0 Å². The second-order valence-corrected chi connectivity index (χ2v) is 13.2. The molecule has 2 saturated heterocycles. The Morgan fingerprint density at radius 3 is 2.12 bits per heavy atom. The summed E-state index contributed by atoms with van der Waals surface area (Å²) in [5.74, 6) is -7.19. The highest BCUT2D eigenvalue weighted by atomic mass is 19.3. The maximum atomic E-state index is 13.8. The molecule has 2 aliphatic heterocycles. The third-order valence-corrected chi connectivity index (χ3v) is 8.15. The Labute approximate surface area is 279 Å². The fraction of sp³-hybridized carbons (Fsp3) is 0.636. The first-order valence-electron chi connectivity index (χ1n) is 16.4. The van der Waals surface area contributed by atoms with Gasteiger partial charge in [0.25, 0.3) is 11.8 Å². The molecule has 0 aliphatic carbocycles. The zero-order valence-electron chi connectivity index (χ0n) is 28.0. The van der Waals surface area contributed by atoms with Gasteiger partial charge in [-0.05, 0) is 44.6 Å². The molecule has 0 aromatic heterocycles. The van der Waals surface area contributed by atoms with Gasteiger partial charge >= 0.3 is 6.09 Å². The van der Waals surface area contributed by atoms with E-state index in [0.29, 0.717) is 18.5 Å². The number of alkyl halides is 2. The van der Waals surface area contributed by atoms with Crippen LogP contribution < -0.4 is 26.6 Å². The molecule has 13 nitrogen and oxygen atoms in total. The number of hydrogen-bond donors (Lipinski definition) is 5. The van der Waals surface area contributed by atoms with Crippen LogP contribution in [0.25, 0.3) is 0 Å². The van der Waals surface area contributed by atoms with E-state index in [1.807, 2.05) is 13.8 Å². The number of alkyl carbamates (subject to hydrolysis) is 1. The van der Waals surface area contributed by atoms with Gasteiger partial charge in [0, 0.05) is 51.0 Å². The van der Waals surface area contributed by atoms with Gasteiger partial charge in [-0.3, -0.25) is 24.0 Å². The van der Waals surface area contributed by atoms with E-state index in [9.17, 15) is 37.5 Å². The van der Waals surface area contributed by atoms with Crippen molar-refractivity contribution in [2.24, 2.45) is 11.8 Å². The number of Topliss-reactive ketones (excluding diaryl/α,β-unsaturated/α-hetero) is 1. The van der Waals surface area contributed by atoms with Crippen LogP contribution in [0.2, 0.25) is 0 Å². The largest absolute Gasteiger partial charge is 0.445 e. The minimum atomic E-state index is -2.82. The van der Waals surface area contributed by atoms with E-state index in [0.717, 1.165) is 0 Å². The predicted molar refractivity (Wildman–Crippen MR) is 172 cm³/mol. The Morgan fingerprint density at radius 2 is 1.54 bits per heavy atom. The lowest BCUT2D eigenvalue weighted by molar-refractivity contribution is -0.141. The molecule has 0 spiro atoms. The third kappa shape index (κ3) is 12.5. The number of ketones is 1. The number of benzene rings is 1. The first kappa shape index (κ1) is 38.3. The maximum Gasteiger partial charge on any atom is 0.408 e. The van der Waals surface area contributed by atoms with Crippen molar-refractivity contribution in [3.8, 4) is 0 Å². The highest BCUT2D eigenvalue weighted by Crippen LogP contribution is 2.27. The molecule has 5 N–H and O–H groups in total. The lowest BCUT2D eigenvalue weighted by Gasteiger charge is -2.34. The minimum Gasteiger partial charge on any atom is -0.445 e. The normalized spacial score (nSPS) is 19.5. The fourth-order valence-corrected chi connectivity index (χ4v) is 5.55. The van der Waals surface area contributed by atoms with Gasteiger partial charge in [-0.1, -0.05) is 44.2 Å². The van der Waals surface area contributed by atoms with Crippen LogP contribution in [0.1, 0.15) is 65.4 Å². The standard InChI is InChI=1S/C33H48F2N6O7/c1-20(2)16-25(29(44)38-24(17-23-10-13-36-28(23)43)27(42)31(46)37-21(3)4)39-30(45)26(18-41-14-11-33(34,35)12-15-41)40-32(47)48-19-22-8-6-5-7-9-22/h5-9,20-21,23-26H,10-19H2,1-4H3,(H,36,43)(H,37,46)(H,38,44)(H,39,45)(H,40,47)/t23-,24-,25-,26-/m0/s1. The summed E-state index contributed by atoms with van der Waals surface area (Å²) >= 11 is 0. The number of hydrogen-bond acceptors (Lipinski definition) is 8. The van der Waals surface area contributed by atoms with Gasteiger partial charge in [0.05, 0.1) is 6.04 Å². The van der Waals surface area contributed by atoms with Crippen molar-refractivity contribution >= 4 is 35.5 Å². The highest BCUT2D eigenvalue weighted by Gasteiger charge is 2.38. The molecule has 0 radical (unpaired) electrons. The summed E-state index contributed by atoms with van der Waals surface area (Å²) in [4.78, 5) is 79.9. The number of carbonyl (C=O) groups is 6. The Bertz CT molecular complexity index is 1290. The van der Waals surface area contributed by atoms with Crippen LogP contribution in [0.15, 0.2) is 30.3 Å². The van der Waals surface area contributed by atoms with Crippen molar-refractivity contribution in [2.75, 3.05) is 26.2 Å². The van der Waals surface area contributed by atoms with Gasteiger partial charge in [-0.15, -0.1) is 0 Å². The lowest BCUT2D eigenvalue weighted by Crippen LogP contribution is -2.59. The Morgan fingerprint density at radius 1 is 0.917 bits per heavy atom. The molecule has 2 fully saturated rings. The van der Waals surface area contributed by atoms with Gasteiger partial charge in [0.1, 0.15) is 18.7 Å². The van der Waals surface area contributed by atoms with Crippen molar-refractivity contribution in [1.82, 2.24) is 31.5 Å². The highest BCUT2D eigenvalue weighted by molar-refractivity contribution is 6.38. The molecule has 1 aromatic carbocycles. The van der Waals surface area contributed by atoms with Crippen molar-refractivity contribution in [1.29, 1.82) is 0 Å². The van der Waals surface area contributed by atoms with E-state index < -0.39 is 72.4 Å². The Hall–Kier alpha value is -4.14. The van der Waals surface area contributed by atoms with E-state index in [-0.39, 0.29) is 56.9 Å². The van der Waals surface area contributed by atoms with E-state index in [4.69, 9.17) is 4.74 Å². The first-order chi connectivity index (χ1) is 22.6. The predicted octanol–water partition coefficient (Wildman–Crippen LogP) is 1.65. The zero-order chi connectivity index (χ0) is 35.4. The second-order valence-electron chi connectivity index (χ2n) is 13.2. The average molecular weight is 679 g/mol. The molecule has 0 bridgehead atoms. The summed E-state index contributed by atoms with van der Waals surface area (Å²) in [5.41, 5.74) is 0.710. The monoisotopic (exact) mass is 678 g/mol. The van der Waals surface area contributed by atoms with E-state index in [1.54, 1.807) is 49.1 Å². The SMILES string of the molecule is CC(C)C[C@H](NC(=O)[C@H](CN1CCC(F)(F)CC1)NC(=O)OCc1ccccc1)C(=O)N[C@@H](C[C@@H]1CCNC1=O)C(=O)C(=O)NC(C)C.